The van der Waals surface area contributed by atoms with Crippen molar-refractivity contribution in [2.24, 2.45) is 0 Å². The third-order valence-electron chi connectivity index (χ3n) is 7.12. The molecule has 2 aromatic heterocycles. The number of nitrogens with one attached hydrogen (secondary N) is 1. The summed E-state index contributed by atoms with van der Waals surface area (Å²) in [6.45, 7) is 12.1. The molecule has 2 amide bonds. The summed E-state index contributed by atoms with van der Waals surface area (Å²) in [5.41, 5.74) is 3.29. The zero-order valence-electron chi connectivity index (χ0n) is 25.7. The summed E-state index contributed by atoms with van der Waals surface area (Å²) in [5.74, 6) is -0.168. The summed E-state index contributed by atoms with van der Waals surface area (Å²) in [6.07, 6.45) is 0.501. The van der Waals surface area contributed by atoms with Gasteiger partial charge in [-0.05, 0) is 71.2 Å². The summed E-state index contributed by atoms with van der Waals surface area (Å²) >= 11 is 6.61. The SMILES string of the molecule is CC[C@H](c1cc2c(Cl)c(C)nn2c(=O)n1Cc1ccccc1)N(CCCNC(=O)OC(C)(C)C)C(=O)c1ccc(C)cc1. The lowest BCUT2D eigenvalue weighted by molar-refractivity contribution is 0.0523. The van der Waals surface area contributed by atoms with Crippen LogP contribution < -0.4 is 11.0 Å². The van der Waals surface area contributed by atoms with Crippen LogP contribution in [0, 0.1) is 13.8 Å². The second kappa shape index (κ2) is 13.5. The smallest absolute Gasteiger partial charge is 0.407 e. The van der Waals surface area contributed by atoms with E-state index in [1.165, 1.54) is 4.52 Å². The van der Waals surface area contributed by atoms with Crippen molar-refractivity contribution in [1.82, 2.24) is 24.4 Å². The Labute approximate surface area is 257 Å². The topological polar surface area (TPSA) is 97.9 Å². The van der Waals surface area contributed by atoms with E-state index < -0.39 is 17.7 Å². The highest BCUT2D eigenvalue weighted by atomic mass is 35.5. The molecule has 10 heteroatoms. The van der Waals surface area contributed by atoms with Gasteiger partial charge in [0.2, 0.25) is 0 Å². The first-order valence-corrected chi connectivity index (χ1v) is 14.9. The van der Waals surface area contributed by atoms with E-state index in [1.807, 2.05) is 74.5 Å². The molecule has 0 spiro atoms. The monoisotopic (exact) mass is 605 g/mol. The first kappa shape index (κ1) is 31.8. The van der Waals surface area contributed by atoms with Gasteiger partial charge in [0.25, 0.3) is 5.91 Å². The maximum absolute atomic E-state index is 14.1. The number of rotatable bonds is 10. The zero-order chi connectivity index (χ0) is 31.3. The number of hydrogen-bond donors (Lipinski definition) is 1. The van der Waals surface area contributed by atoms with Crippen LogP contribution in [-0.4, -0.2) is 49.8 Å². The Hall–Kier alpha value is -4.11. The van der Waals surface area contributed by atoms with Gasteiger partial charge in [-0.15, -0.1) is 0 Å². The Morgan fingerprint density at radius 2 is 1.74 bits per heavy atom. The Kier molecular flexibility index (Phi) is 9.96. The molecule has 0 aliphatic rings. The molecule has 43 heavy (non-hydrogen) atoms. The van der Waals surface area contributed by atoms with Gasteiger partial charge in [-0.2, -0.15) is 9.61 Å². The molecular weight excluding hydrogens is 566 g/mol. The Morgan fingerprint density at radius 3 is 2.37 bits per heavy atom. The molecule has 0 fully saturated rings. The summed E-state index contributed by atoms with van der Waals surface area (Å²) in [5, 5.41) is 7.58. The highest BCUT2D eigenvalue weighted by Crippen LogP contribution is 2.30. The lowest BCUT2D eigenvalue weighted by atomic mass is 10.0. The van der Waals surface area contributed by atoms with Crippen LogP contribution in [0.2, 0.25) is 5.02 Å². The van der Waals surface area contributed by atoms with Crippen LogP contribution in [0.25, 0.3) is 5.52 Å². The average molecular weight is 606 g/mol. The Morgan fingerprint density at radius 1 is 1.07 bits per heavy atom. The highest BCUT2D eigenvalue weighted by Gasteiger charge is 2.29. The predicted molar refractivity (Wildman–Crippen MR) is 169 cm³/mol. The third-order valence-corrected chi connectivity index (χ3v) is 7.59. The number of hydrogen-bond acceptors (Lipinski definition) is 5. The van der Waals surface area contributed by atoms with E-state index in [0.717, 1.165) is 11.1 Å². The molecule has 0 aliphatic heterocycles. The van der Waals surface area contributed by atoms with Crippen LogP contribution in [0.4, 0.5) is 4.79 Å². The van der Waals surface area contributed by atoms with Gasteiger partial charge in [0.1, 0.15) is 5.60 Å². The van der Waals surface area contributed by atoms with Crippen LogP contribution >= 0.6 is 11.6 Å². The molecule has 2 aromatic carbocycles. The number of benzene rings is 2. The van der Waals surface area contributed by atoms with Crippen molar-refractivity contribution in [3.8, 4) is 0 Å². The van der Waals surface area contributed by atoms with Crippen molar-refractivity contribution in [3.05, 3.63) is 104 Å². The molecule has 0 saturated heterocycles. The van der Waals surface area contributed by atoms with E-state index in [0.29, 0.717) is 60.0 Å². The molecule has 9 nitrogen and oxygen atoms in total. The van der Waals surface area contributed by atoms with Crippen LogP contribution in [-0.2, 0) is 11.3 Å². The second-order valence-corrected chi connectivity index (χ2v) is 12.1. The number of alkyl carbamates (subject to hydrolysis) is 1. The molecule has 1 N–H and O–H groups in total. The molecule has 1 atom stereocenters. The molecule has 0 aliphatic carbocycles. The van der Waals surface area contributed by atoms with Crippen LogP contribution in [0.1, 0.15) is 79.5 Å². The van der Waals surface area contributed by atoms with E-state index in [4.69, 9.17) is 16.3 Å². The number of nitrogens with zero attached hydrogens (tertiary/aromatic N) is 4. The van der Waals surface area contributed by atoms with Gasteiger partial charge in [0, 0.05) is 24.3 Å². The first-order valence-electron chi connectivity index (χ1n) is 14.6. The fourth-order valence-electron chi connectivity index (χ4n) is 5.04. The van der Waals surface area contributed by atoms with Crippen LogP contribution in [0.3, 0.4) is 0 Å². The van der Waals surface area contributed by atoms with Crippen molar-refractivity contribution >= 4 is 29.1 Å². The minimum atomic E-state index is -0.612. The number of carbonyl (C=O) groups excluding carboxylic acids is 2. The summed E-state index contributed by atoms with van der Waals surface area (Å²) in [7, 11) is 0. The zero-order valence-corrected chi connectivity index (χ0v) is 26.4. The van der Waals surface area contributed by atoms with Gasteiger partial charge >= 0.3 is 11.8 Å². The van der Waals surface area contributed by atoms with Crippen molar-refractivity contribution in [2.75, 3.05) is 13.1 Å². The minimum Gasteiger partial charge on any atom is -0.444 e. The fourth-order valence-corrected chi connectivity index (χ4v) is 5.22. The highest BCUT2D eigenvalue weighted by molar-refractivity contribution is 6.34. The molecule has 0 unspecified atom stereocenters. The lowest BCUT2D eigenvalue weighted by Crippen LogP contribution is -2.41. The number of carbonyl (C=O) groups is 2. The maximum atomic E-state index is 14.1. The van der Waals surface area contributed by atoms with E-state index in [-0.39, 0.29) is 11.6 Å². The van der Waals surface area contributed by atoms with Crippen molar-refractivity contribution in [2.45, 2.75) is 72.6 Å². The molecule has 4 rings (SSSR count). The number of fused-ring (bicyclic) bond motifs is 1. The van der Waals surface area contributed by atoms with E-state index in [2.05, 4.69) is 10.4 Å². The second-order valence-electron chi connectivity index (χ2n) is 11.7. The standard InChI is InChI=1S/C33H40ClN5O4/c1-7-26(27-20-28-29(34)23(3)36-39(28)32(42)38(27)21-24-12-9-8-10-13-24)37(30(40)25-16-14-22(2)15-17-25)19-11-18-35-31(41)43-33(4,5)6/h8-10,12-17,20,26H,7,11,18-19,21H2,1-6H3,(H,35,41)/t26-/m1/s1. The van der Waals surface area contributed by atoms with Gasteiger partial charge in [-0.1, -0.05) is 66.6 Å². The molecule has 0 radical (unpaired) electrons. The number of aryl methyl sites for hydroxylation is 2. The van der Waals surface area contributed by atoms with Crippen LogP contribution in [0.15, 0.2) is 65.5 Å². The van der Waals surface area contributed by atoms with Crippen LogP contribution in [0.5, 0.6) is 0 Å². The lowest BCUT2D eigenvalue weighted by Gasteiger charge is -2.33. The number of ether oxygens (including phenoxy) is 1. The average Bonchev–Trinajstić information content (AvgIpc) is 3.25. The summed E-state index contributed by atoms with van der Waals surface area (Å²) in [4.78, 5) is 42.1. The fraction of sp³-hybridized carbons (Fsp3) is 0.394. The van der Waals surface area contributed by atoms with E-state index in [9.17, 15) is 14.4 Å². The number of halogens is 1. The van der Waals surface area contributed by atoms with Gasteiger partial charge in [0.15, 0.2) is 0 Å². The first-order chi connectivity index (χ1) is 20.4. The van der Waals surface area contributed by atoms with Gasteiger partial charge in [-0.25, -0.2) is 9.59 Å². The number of aromatic nitrogens is 3. The molecule has 0 bridgehead atoms. The maximum Gasteiger partial charge on any atom is 0.407 e. The van der Waals surface area contributed by atoms with Crippen molar-refractivity contribution in [1.29, 1.82) is 0 Å². The molecule has 4 aromatic rings. The minimum absolute atomic E-state index is 0.168. The molecule has 228 valence electrons. The molecule has 0 saturated carbocycles. The van der Waals surface area contributed by atoms with Crippen molar-refractivity contribution < 1.29 is 14.3 Å². The normalized spacial score (nSPS) is 12.3. The van der Waals surface area contributed by atoms with Gasteiger partial charge in [0.05, 0.1) is 28.8 Å². The number of amides is 2. The third kappa shape index (κ3) is 7.65. The van der Waals surface area contributed by atoms with E-state index >= 15 is 0 Å². The van der Waals surface area contributed by atoms with E-state index in [1.54, 1.807) is 37.2 Å². The largest absolute Gasteiger partial charge is 0.444 e. The Balaban J connectivity index is 1.76. The molecular formula is C33H40ClN5O4. The predicted octanol–water partition coefficient (Wildman–Crippen LogP) is 6.32. The van der Waals surface area contributed by atoms with Gasteiger partial charge < -0.3 is 15.0 Å². The quantitative estimate of drug-likeness (QED) is 0.213. The summed E-state index contributed by atoms with van der Waals surface area (Å²) in [6, 6.07) is 18.5. The molecule has 2 heterocycles. The van der Waals surface area contributed by atoms with Crippen molar-refractivity contribution in [3.63, 3.8) is 0 Å². The summed E-state index contributed by atoms with van der Waals surface area (Å²) < 4.78 is 8.36. The van der Waals surface area contributed by atoms with Gasteiger partial charge in [-0.3, -0.25) is 9.36 Å². The Bertz CT molecular complexity index is 1640.